The summed E-state index contributed by atoms with van der Waals surface area (Å²) in [6.07, 6.45) is -6.08. The van der Waals surface area contributed by atoms with Crippen LogP contribution in [0, 0.1) is 5.92 Å². The number of rotatable bonds is 8. The van der Waals surface area contributed by atoms with E-state index >= 15 is 0 Å². The van der Waals surface area contributed by atoms with Crippen LogP contribution in [0.5, 0.6) is 11.5 Å². The lowest BCUT2D eigenvalue weighted by molar-refractivity contribution is -0.348. The molecule has 40 heavy (non-hydrogen) atoms. The molecule has 4 aliphatic rings. The molecule has 5 N–H and O–H groups in total. The normalized spacial score (nSPS) is 37.1. The van der Waals surface area contributed by atoms with Gasteiger partial charge >= 0.3 is 11.9 Å². The molecule has 0 saturated carbocycles. The molecule has 14 heteroatoms. The average molecular weight is 567 g/mol. The van der Waals surface area contributed by atoms with E-state index in [1.54, 1.807) is 0 Å². The number of cyclic esters (lactones) is 1. The number of phenols is 1. The lowest BCUT2D eigenvalue weighted by atomic mass is 9.74. The van der Waals surface area contributed by atoms with Crippen molar-refractivity contribution in [3.05, 3.63) is 41.7 Å². The Kier molecular flexibility index (Phi) is 8.01. The van der Waals surface area contributed by atoms with E-state index in [-0.39, 0.29) is 36.7 Å². The van der Waals surface area contributed by atoms with Crippen LogP contribution in [-0.2, 0) is 38.0 Å². The van der Waals surface area contributed by atoms with Crippen molar-refractivity contribution < 1.29 is 68.3 Å². The van der Waals surface area contributed by atoms with Crippen molar-refractivity contribution in [1.29, 1.82) is 0 Å². The lowest BCUT2D eigenvalue weighted by Crippen LogP contribution is -2.63. The van der Waals surface area contributed by atoms with Gasteiger partial charge in [-0.15, -0.1) is 0 Å². The molecule has 0 unspecified atom stereocenters. The first-order chi connectivity index (χ1) is 19.2. The van der Waals surface area contributed by atoms with Gasteiger partial charge < -0.3 is 58.7 Å². The van der Waals surface area contributed by atoms with Crippen LogP contribution in [0.15, 0.2) is 36.1 Å². The van der Waals surface area contributed by atoms with E-state index in [2.05, 4.69) is 0 Å². The third-order valence-corrected chi connectivity index (χ3v) is 7.28. The quantitative estimate of drug-likeness (QED) is 0.141. The summed E-state index contributed by atoms with van der Waals surface area (Å²) >= 11 is 0. The fourth-order valence-corrected chi connectivity index (χ4v) is 5.07. The van der Waals surface area contributed by atoms with E-state index < -0.39 is 73.2 Å². The van der Waals surface area contributed by atoms with E-state index in [1.165, 1.54) is 31.4 Å². The summed E-state index contributed by atoms with van der Waals surface area (Å²) in [5.74, 6) is -2.41. The molecular formula is C26H30O14. The third kappa shape index (κ3) is 5.39. The number of phenolic OH excluding ortho intramolecular Hbond substituents is 1. The number of carbonyl (C=O) groups is 2. The zero-order valence-electron chi connectivity index (χ0n) is 21.3. The number of ether oxygens (including phenoxy) is 7. The second kappa shape index (κ2) is 11.3. The van der Waals surface area contributed by atoms with Crippen molar-refractivity contribution in [2.75, 3.05) is 26.9 Å². The number of hydrogen-bond donors (Lipinski definition) is 5. The van der Waals surface area contributed by atoms with Crippen LogP contribution < -0.4 is 4.74 Å². The molecule has 3 saturated heterocycles. The number of epoxide rings is 1. The molecule has 0 radical (unpaired) electrons. The maximum absolute atomic E-state index is 12.5. The SMILES string of the molecule is COc1cc(/C=C/C(=O)O[C@H]2[C@@H](O)[C@@H](O)[C@H](O[C@H]3OC=C4C(=O)OCC[C@@]4(O)[C@H]3[C@H]3CO3)O[C@@H]2CO)ccc1O. The highest BCUT2D eigenvalue weighted by Gasteiger charge is 2.60. The maximum Gasteiger partial charge on any atom is 0.340 e. The molecule has 0 amide bonds. The highest BCUT2D eigenvalue weighted by Crippen LogP contribution is 2.46. The van der Waals surface area contributed by atoms with Gasteiger partial charge in [0.2, 0.25) is 6.29 Å². The number of aliphatic hydroxyl groups is 4. The Labute approximate surface area is 227 Å². The first-order valence-corrected chi connectivity index (χ1v) is 12.6. The maximum atomic E-state index is 12.5. The van der Waals surface area contributed by atoms with Crippen molar-refractivity contribution in [3.63, 3.8) is 0 Å². The minimum Gasteiger partial charge on any atom is -0.504 e. The zero-order valence-corrected chi connectivity index (χ0v) is 21.3. The number of benzene rings is 1. The van der Waals surface area contributed by atoms with Crippen molar-refractivity contribution in [3.8, 4) is 11.5 Å². The first kappa shape index (κ1) is 28.3. The molecule has 1 aromatic rings. The lowest BCUT2D eigenvalue weighted by Gasteiger charge is -2.47. The van der Waals surface area contributed by atoms with Crippen molar-refractivity contribution in [2.24, 2.45) is 5.92 Å². The summed E-state index contributed by atoms with van der Waals surface area (Å²) < 4.78 is 37.7. The van der Waals surface area contributed by atoms with Gasteiger partial charge in [0.15, 0.2) is 23.9 Å². The molecule has 3 fully saturated rings. The zero-order chi connectivity index (χ0) is 28.6. The van der Waals surface area contributed by atoms with Gasteiger partial charge in [0, 0.05) is 12.5 Å². The van der Waals surface area contributed by atoms with Gasteiger partial charge in [-0.2, -0.15) is 0 Å². The largest absolute Gasteiger partial charge is 0.504 e. The summed E-state index contributed by atoms with van der Waals surface area (Å²) in [5, 5.41) is 52.5. The van der Waals surface area contributed by atoms with Crippen LogP contribution in [0.4, 0.5) is 0 Å². The Bertz CT molecular complexity index is 1180. The number of esters is 2. The Morgan fingerprint density at radius 3 is 2.70 bits per heavy atom. The van der Waals surface area contributed by atoms with Crippen LogP contribution in [0.3, 0.4) is 0 Å². The molecule has 14 nitrogen and oxygen atoms in total. The summed E-state index contributed by atoms with van der Waals surface area (Å²) in [6.45, 7) is -0.462. The average Bonchev–Trinajstić information content (AvgIpc) is 3.77. The van der Waals surface area contributed by atoms with Gasteiger partial charge in [-0.3, -0.25) is 0 Å². The highest BCUT2D eigenvalue weighted by atomic mass is 16.8. The number of carbonyl (C=O) groups excluding carboxylic acids is 2. The summed E-state index contributed by atoms with van der Waals surface area (Å²) in [5.41, 5.74) is -1.26. The second-order valence-electron chi connectivity index (χ2n) is 9.75. The number of aromatic hydroxyl groups is 1. The summed E-state index contributed by atoms with van der Waals surface area (Å²) in [6, 6.07) is 4.39. The molecule has 4 heterocycles. The number of aliphatic hydroxyl groups excluding tert-OH is 3. The minimum absolute atomic E-state index is 0.0295. The van der Waals surface area contributed by atoms with Gasteiger partial charge in [-0.1, -0.05) is 6.07 Å². The monoisotopic (exact) mass is 566 g/mol. The smallest absolute Gasteiger partial charge is 0.340 e. The molecule has 0 bridgehead atoms. The minimum atomic E-state index is -1.76. The van der Waals surface area contributed by atoms with E-state index in [0.29, 0.717) is 5.56 Å². The van der Waals surface area contributed by atoms with Crippen LogP contribution in [0.2, 0.25) is 0 Å². The number of methoxy groups -OCH3 is 1. The van der Waals surface area contributed by atoms with Crippen LogP contribution in [0.1, 0.15) is 12.0 Å². The molecule has 0 aromatic heterocycles. The van der Waals surface area contributed by atoms with Crippen molar-refractivity contribution in [1.82, 2.24) is 0 Å². The Hall–Kier alpha value is -3.24. The van der Waals surface area contributed by atoms with E-state index in [0.717, 1.165) is 12.3 Å². The van der Waals surface area contributed by atoms with E-state index in [4.69, 9.17) is 33.2 Å². The molecule has 4 aliphatic heterocycles. The van der Waals surface area contributed by atoms with Gasteiger partial charge in [-0.05, 0) is 23.8 Å². The summed E-state index contributed by atoms with van der Waals surface area (Å²) in [7, 11) is 1.38. The van der Waals surface area contributed by atoms with Gasteiger partial charge in [0.05, 0.1) is 45.2 Å². The summed E-state index contributed by atoms with van der Waals surface area (Å²) in [4.78, 5) is 24.7. The topological polar surface area (TPSA) is 203 Å². The standard InChI is InChI=1S/C26H30O14/c1-34-15-8-12(2-4-14(15)28)3-5-18(29)39-22-16(9-27)38-25(21(31)20(22)30)40-24-19(17-11-36-17)26(33)6-7-35-23(32)13(26)10-37-24/h2-5,8,10,16-17,19-22,24-25,27-28,30-31,33H,6-7,9,11H2,1H3/b5-3+/t16-,17-,19+,20+,21-,22-,24-,25+,26+/m1/s1. The van der Waals surface area contributed by atoms with Gasteiger partial charge in [0.1, 0.15) is 29.5 Å². The van der Waals surface area contributed by atoms with Crippen LogP contribution in [0.25, 0.3) is 6.08 Å². The van der Waals surface area contributed by atoms with Gasteiger partial charge in [0.25, 0.3) is 0 Å². The second-order valence-corrected chi connectivity index (χ2v) is 9.75. The Balaban J connectivity index is 1.26. The predicted octanol–water partition coefficient (Wildman–Crippen LogP) is -1.29. The number of fused-ring (bicyclic) bond motifs is 1. The molecule has 0 aliphatic carbocycles. The van der Waals surface area contributed by atoms with Gasteiger partial charge in [-0.25, -0.2) is 9.59 Å². The molecular weight excluding hydrogens is 536 g/mol. The molecule has 9 atom stereocenters. The molecule has 5 rings (SSSR count). The third-order valence-electron chi connectivity index (χ3n) is 7.28. The Morgan fingerprint density at radius 2 is 2.00 bits per heavy atom. The fraction of sp³-hybridized carbons (Fsp3) is 0.538. The van der Waals surface area contributed by atoms with Crippen molar-refractivity contribution >= 4 is 18.0 Å². The number of hydrogen-bond acceptors (Lipinski definition) is 14. The van der Waals surface area contributed by atoms with E-state index in [1.807, 2.05) is 0 Å². The predicted molar refractivity (Wildman–Crippen MR) is 129 cm³/mol. The highest BCUT2D eigenvalue weighted by molar-refractivity contribution is 5.91. The molecule has 0 spiro atoms. The molecule has 1 aromatic carbocycles. The molecule has 218 valence electrons. The van der Waals surface area contributed by atoms with Crippen molar-refractivity contribution in [2.45, 2.75) is 55.1 Å². The Morgan fingerprint density at radius 1 is 1.23 bits per heavy atom. The van der Waals surface area contributed by atoms with Crippen LogP contribution in [-0.4, -0.2) is 113 Å². The van der Waals surface area contributed by atoms with Crippen LogP contribution >= 0.6 is 0 Å². The van der Waals surface area contributed by atoms with E-state index in [9.17, 15) is 35.1 Å². The first-order valence-electron chi connectivity index (χ1n) is 12.6. The fourth-order valence-electron chi connectivity index (χ4n) is 5.07.